The minimum absolute atomic E-state index is 0.538. The van der Waals surface area contributed by atoms with E-state index < -0.39 is 0 Å². The number of hydrogen-bond donors (Lipinski definition) is 2. The first-order valence-electron chi connectivity index (χ1n) is 4.97. The molecule has 0 aliphatic rings. The van der Waals surface area contributed by atoms with E-state index in [2.05, 4.69) is 31.5 Å². The van der Waals surface area contributed by atoms with Gasteiger partial charge < -0.3 is 10.6 Å². The Balaban J connectivity index is 1.98. The van der Waals surface area contributed by atoms with Gasteiger partial charge in [-0.3, -0.25) is 4.98 Å². The van der Waals surface area contributed by atoms with Crippen LogP contribution in [0.2, 0.25) is 0 Å². The molecule has 2 rings (SSSR count). The smallest absolute Gasteiger partial charge is 0.175 e. The second kappa shape index (κ2) is 5.75. The molecule has 3 nitrogen and oxygen atoms in total. The molecule has 17 heavy (non-hydrogen) atoms. The number of halogens is 1. The highest BCUT2D eigenvalue weighted by Crippen LogP contribution is 2.14. The van der Waals surface area contributed by atoms with Crippen molar-refractivity contribution >= 4 is 44.6 Å². The van der Waals surface area contributed by atoms with Crippen LogP contribution in [0.5, 0.6) is 0 Å². The summed E-state index contributed by atoms with van der Waals surface area (Å²) in [5, 5.41) is 6.68. The van der Waals surface area contributed by atoms with Crippen LogP contribution in [0.1, 0.15) is 0 Å². The van der Waals surface area contributed by atoms with Gasteiger partial charge in [0.15, 0.2) is 5.11 Å². The van der Waals surface area contributed by atoms with Crippen molar-refractivity contribution in [2.75, 3.05) is 10.6 Å². The first-order valence-corrected chi connectivity index (χ1v) is 6.18. The summed E-state index contributed by atoms with van der Waals surface area (Å²) in [6.07, 6.45) is 3.43. The Hall–Kier alpha value is -1.46. The van der Waals surface area contributed by atoms with Gasteiger partial charge in [-0.15, -0.1) is 0 Å². The van der Waals surface area contributed by atoms with Crippen LogP contribution in [0.3, 0.4) is 0 Å². The molecule has 2 N–H and O–H groups in total. The summed E-state index contributed by atoms with van der Waals surface area (Å²) in [7, 11) is 0. The zero-order valence-corrected chi connectivity index (χ0v) is 11.3. The predicted octanol–water partition coefficient (Wildman–Crippen LogP) is 3.65. The monoisotopic (exact) mass is 307 g/mol. The second-order valence-corrected chi connectivity index (χ2v) is 4.66. The zero-order valence-electron chi connectivity index (χ0n) is 8.85. The molecule has 0 atom stereocenters. The van der Waals surface area contributed by atoms with Gasteiger partial charge >= 0.3 is 0 Å². The van der Waals surface area contributed by atoms with Crippen LogP contribution in [0.15, 0.2) is 53.3 Å². The molecule has 0 bridgehead atoms. The van der Waals surface area contributed by atoms with Gasteiger partial charge in [-0.1, -0.05) is 18.2 Å². The van der Waals surface area contributed by atoms with E-state index in [9.17, 15) is 0 Å². The molecule has 5 heteroatoms. The van der Waals surface area contributed by atoms with E-state index in [4.69, 9.17) is 12.2 Å². The number of pyridine rings is 1. The van der Waals surface area contributed by atoms with Crippen LogP contribution in [-0.2, 0) is 0 Å². The Labute approximate surface area is 113 Å². The predicted molar refractivity (Wildman–Crippen MR) is 78.2 cm³/mol. The molecule has 1 aromatic heterocycles. The molecule has 0 aliphatic heterocycles. The number of nitrogens with zero attached hydrogens (tertiary/aromatic N) is 1. The van der Waals surface area contributed by atoms with Crippen LogP contribution in [0, 0.1) is 0 Å². The number of nitrogens with one attached hydrogen (secondary N) is 2. The summed E-state index contributed by atoms with van der Waals surface area (Å²) >= 11 is 8.55. The minimum atomic E-state index is 0.538. The van der Waals surface area contributed by atoms with Crippen molar-refractivity contribution in [1.29, 1.82) is 0 Å². The summed E-state index contributed by atoms with van der Waals surface area (Å²) in [5.41, 5.74) is 1.79. The molecule has 0 saturated heterocycles. The van der Waals surface area contributed by atoms with E-state index in [1.807, 2.05) is 36.4 Å². The van der Waals surface area contributed by atoms with Crippen molar-refractivity contribution in [3.05, 3.63) is 53.3 Å². The van der Waals surface area contributed by atoms with E-state index in [0.717, 1.165) is 15.8 Å². The lowest BCUT2D eigenvalue weighted by atomic mass is 10.3. The molecule has 0 unspecified atom stereocenters. The molecule has 0 fully saturated rings. The number of anilines is 2. The normalized spacial score (nSPS) is 9.71. The van der Waals surface area contributed by atoms with Gasteiger partial charge in [0.1, 0.15) is 0 Å². The van der Waals surface area contributed by atoms with Crippen LogP contribution in [0.25, 0.3) is 0 Å². The summed E-state index contributed by atoms with van der Waals surface area (Å²) in [6.45, 7) is 0. The van der Waals surface area contributed by atoms with E-state index in [1.165, 1.54) is 0 Å². The minimum Gasteiger partial charge on any atom is -0.332 e. The van der Waals surface area contributed by atoms with Gasteiger partial charge in [-0.2, -0.15) is 0 Å². The molecular formula is C12H10BrN3S. The first-order chi connectivity index (χ1) is 8.24. The van der Waals surface area contributed by atoms with Gasteiger partial charge in [-0.05, 0) is 46.3 Å². The molecule has 0 aliphatic carbocycles. The average Bonchev–Trinajstić information content (AvgIpc) is 2.30. The van der Waals surface area contributed by atoms with Crippen molar-refractivity contribution in [3.8, 4) is 0 Å². The fourth-order valence-corrected chi connectivity index (χ4v) is 1.90. The second-order valence-electron chi connectivity index (χ2n) is 3.34. The van der Waals surface area contributed by atoms with Crippen LogP contribution >= 0.6 is 28.1 Å². The first kappa shape index (κ1) is 12.0. The van der Waals surface area contributed by atoms with Crippen molar-refractivity contribution in [1.82, 2.24) is 4.98 Å². The van der Waals surface area contributed by atoms with E-state index >= 15 is 0 Å². The maximum Gasteiger partial charge on any atom is 0.175 e. The van der Waals surface area contributed by atoms with Gasteiger partial charge in [-0.25, -0.2) is 0 Å². The largest absolute Gasteiger partial charge is 0.332 e. The lowest BCUT2D eigenvalue weighted by Crippen LogP contribution is -2.19. The summed E-state index contributed by atoms with van der Waals surface area (Å²) in [6, 6.07) is 11.7. The lowest BCUT2D eigenvalue weighted by molar-refractivity contribution is 1.31. The third kappa shape index (κ3) is 3.80. The van der Waals surface area contributed by atoms with Gasteiger partial charge in [0.2, 0.25) is 0 Å². The van der Waals surface area contributed by atoms with Gasteiger partial charge in [0, 0.05) is 16.4 Å². The lowest BCUT2D eigenvalue weighted by Gasteiger charge is -2.10. The molecule has 86 valence electrons. The number of rotatable bonds is 2. The van der Waals surface area contributed by atoms with Gasteiger partial charge in [0.25, 0.3) is 0 Å². The molecular weight excluding hydrogens is 298 g/mol. The van der Waals surface area contributed by atoms with E-state index in [0.29, 0.717) is 5.11 Å². The van der Waals surface area contributed by atoms with Crippen molar-refractivity contribution in [2.45, 2.75) is 0 Å². The van der Waals surface area contributed by atoms with E-state index in [1.54, 1.807) is 12.4 Å². The molecule has 1 aromatic carbocycles. The summed E-state index contributed by atoms with van der Waals surface area (Å²) < 4.78 is 0.907. The summed E-state index contributed by atoms with van der Waals surface area (Å²) in [5.74, 6) is 0. The Morgan fingerprint density at radius 1 is 1.06 bits per heavy atom. The number of benzene rings is 1. The van der Waals surface area contributed by atoms with Crippen molar-refractivity contribution in [3.63, 3.8) is 0 Å². The summed E-state index contributed by atoms with van der Waals surface area (Å²) in [4.78, 5) is 4.05. The number of aromatic nitrogens is 1. The maximum absolute atomic E-state index is 5.20. The standard InChI is InChI=1S/C12H10BrN3S/c13-9-6-11(8-14-7-9)16-12(17)15-10-4-2-1-3-5-10/h1-8H,(H2,15,16,17). The number of thiocarbonyl (C=S) groups is 1. The van der Waals surface area contributed by atoms with Crippen LogP contribution in [-0.4, -0.2) is 10.1 Å². The fourth-order valence-electron chi connectivity index (χ4n) is 1.30. The van der Waals surface area contributed by atoms with E-state index in [-0.39, 0.29) is 0 Å². The van der Waals surface area contributed by atoms with Crippen molar-refractivity contribution < 1.29 is 0 Å². The van der Waals surface area contributed by atoms with Crippen LogP contribution in [0.4, 0.5) is 11.4 Å². The average molecular weight is 308 g/mol. The molecule has 2 aromatic rings. The zero-order chi connectivity index (χ0) is 12.1. The maximum atomic E-state index is 5.20. The highest BCUT2D eigenvalue weighted by molar-refractivity contribution is 9.10. The molecule has 0 spiro atoms. The van der Waals surface area contributed by atoms with Crippen molar-refractivity contribution in [2.24, 2.45) is 0 Å². The molecule has 0 radical (unpaired) electrons. The topological polar surface area (TPSA) is 37.0 Å². The Morgan fingerprint density at radius 2 is 1.76 bits per heavy atom. The Kier molecular flexibility index (Phi) is 4.06. The molecule has 1 heterocycles. The molecule has 0 amide bonds. The molecule has 0 saturated carbocycles. The SMILES string of the molecule is S=C(Nc1ccccc1)Nc1cncc(Br)c1. The highest BCUT2D eigenvalue weighted by atomic mass is 79.9. The van der Waals surface area contributed by atoms with Crippen LogP contribution < -0.4 is 10.6 Å². The fraction of sp³-hybridized carbons (Fsp3) is 0. The third-order valence-corrected chi connectivity index (χ3v) is 2.63. The number of hydrogen-bond acceptors (Lipinski definition) is 2. The highest BCUT2D eigenvalue weighted by Gasteiger charge is 1.99. The Bertz CT molecular complexity index is 516. The quantitative estimate of drug-likeness (QED) is 0.830. The Morgan fingerprint density at radius 3 is 2.47 bits per heavy atom. The number of para-hydroxylation sites is 1. The van der Waals surface area contributed by atoms with Gasteiger partial charge in [0.05, 0.1) is 11.9 Å². The third-order valence-electron chi connectivity index (χ3n) is 1.99.